The van der Waals surface area contributed by atoms with E-state index in [1.54, 1.807) is 30.3 Å². The highest BCUT2D eigenvalue weighted by atomic mass is 32.2. The van der Waals surface area contributed by atoms with Crippen molar-refractivity contribution in [2.45, 2.75) is 9.79 Å². The fourth-order valence-electron chi connectivity index (χ4n) is 2.33. The fourth-order valence-corrected chi connectivity index (χ4v) is 3.55. The summed E-state index contributed by atoms with van der Waals surface area (Å²) < 4.78 is 59.3. The molecule has 9 nitrogen and oxygen atoms in total. The molecule has 3 aromatic rings. The highest BCUT2D eigenvalue weighted by Crippen LogP contribution is 2.33. The zero-order chi connectivity index (χ0) is 19.7. The van der Waals surface area contributed by atoms with E-state index in [1.165, 1.54) is 12.1 Å². The van der Waals surface area contributed by atoms with Crippen LogP contribution in [0.2, 0.25) is 0 Å². The van der Waals surface area contributed by atoms with E-state index in [9.17, 15) is 16.8 Å². The number of hydrogen-bond donors (Lipinski definition) is 2. The van der Waals surface area contributed by atoms with Crippen molar-refractivity contribution < 1.29 is 31.0 Å². The van der Waals surface area contributed by atoms with E-state index >= 15 is 0 Å². The van der Waals surface area contributed by atoms with Crippen molar-refractivity contribution in [3.8, 4) is 0 Å². The molecule has 0 unspecified atom stereocenters. The van der Waals surface area contributed by atoms with Crippen LogP contribution in [0.15, 0.2) is 80.7 Å². The van der Waals surface area contributed by atoms with Crippen LogP contribution in [0.25, 0.3) is 10.8 Å². The standard InChI is InChI=1S/C16H12N2O7S2/c19-25-27(23,24)16-10-12-8-14(26(20,21)22)7-6-11(12)9-15(16)18-17-13-4-2-1-3-5-13/h1-10,19H,(H,20,21,22). The van der Waals surface area contributed by atoms with Gasteiger partial charge in [0.05, 0.1) is 10.6 Å². The molecule has 0 fully saturated rings. The van der Waals surface area contributed by atoms with Crippen LogP contribution in [-0.4, -0.2) is 26.6 Å². The molecule has 0 heterocycles. The molecule has 0 bridgehead atoms. The Hall–Kier alpha value is -2.70. The van der Waals surface area contributed by atoms with Gasteiger partial charge in [-0.05, 0) is 47.2 Å². The minimum atomic E-state index is -4.58. The lowest BCUT2D eigenvalue weighted by atomic mass is 10.1. The molecule has 3 rings (SSSR count). The van der Waals surface area contributed by atoms with Crippen molar-refractivity contribution in [3.05, 3.63) is 60.7 Å². The molecule has 27 heavy (non-hydrogen) atoms. The Morgan fingerprint density at radius 2 is 1.52 bits per heavy atom. The van der Waals surface area contributed by atoms with Crippen molar-refractivity contribution >= 4 is 42.4 Å². The van der Waals surface area contributed by atoms with Gasteiger partial charge in [0.15, 0.2) is 0 Å². The summed E-state index contributed by atoms with van der Waals surface area (Å²) >= 11 is 0. The van der Waals surface area contributed by atoms with Crippen molar-refractivity contribution in [1.82, 2.24) is 0 Å². The lowest BCUT2D eigenvalue weighted by Gasteiger charge is -2.07. The number of benzene rings is 3. The molecular weight excluding hydrogens is 396 g/mol. The van der Waals surface area contributed by atoms with E-state index in [0.29, 0.717) is 11.1 Å². The van der Waals surface area contributed by atoms with Gasteiger partial charge in [-0.2, -0.15) is 21.9 Å². The van der Waals surface area contributed by atoms with Crippen LogP contribution < -0.4 is 0 Å². The molecule has 0 amide bonds. The number of hydrogen-bond acceptors (Lipinski definition) is 8. The van der Waals surface area contributed by atoms with Crippen molar-refractivity contribution in [3.63, 3.8) is 0 Å². The Bertz CT molecular complexity index is 1240. The molecule has 140 valence electrons. The lowest BCUT2D eigenvalue weighted by molar-refractivity contribution is -0.130. The van der Waals surface area contributed by atoms with Crippen LogP contribution in [0.4, 0.5) is 11.4 Å². The van der Waals surface area contributed by atoms with Crippen molar-refractivity contribution in [2.24, 2.45) is 10.2 Å². The molecule has 11 heteroatoms. The lowest BCUT2D eigenvalue weighted by Crippen LogP contribution is -2.04. The van der Waals surface area contributed by atoms with E-state index in [2.05, 4.69) is 14.6 Å². The number of rotatable bonds is 5. The average Bonchev–Trinajstić information content (AvgIpc) is 2.65. The van der Waals surface area contributed by atoms with Gasteiger partial charge >= 0.3 is 10.1 Å². The maximum absolute atomic E-state index is 12.0. The minimum absolute atomic E-state index is 0.125. The molecular formula is C16H12N2O7S2. The number of azo groups is 1. The van der Waals surface area contributed by atoms with Gasteiger partial charge in [0.1, 0.15) is 10.6 Å². The molecule has 0 spiro atoms. The third-order valence-corrected chi connectivity index (χ3v) is 5.50. The summed E-state index contributed by atoms with van der Waals surface area (Å²) in [5, 5.41) is 17.1. The molecule has 2 N–H and O–H groups in total. The molecule has 0 saturated carbocycles. The molecule has 0 radical (unpaired) electrons. The summed E-state index contributed by atoms with van der Waals surface area (Å²) in [4.78, 5) is -0.938. The van der Waals surface area contributed by atoms with Gasteiger partial charge < -0.3 is 0 Å². The largest absolute Gasteiger partial charge is 0.325 e. The van der Waals surface area contributed by atoms with Crippen LogP contribution >= 0.6 is 0 Å². The average molecular weight is 408 g/mol. The summed E-state index contributed by atoms with van der Waals surface area (Å²) in [6, 6.07) is 14.5. The molecule has 3 aromatic carbocycles. The van der Waals surface area contributed by atoms with E-state index < -0.39 is 30.0 Å². The predicted octanol–water partition coefficient (Wildman–Crippen LogP) is 3.68. The summed E-state index contributed by atoms with van der Waals surface area (Å²) in [6.45, 7) is 0. The Morgan fingerprint density at radius 1 is 0.815 bits per heavy atom. The van der Waals surface area contributed by atoms with Gasteiger partial charge in [0.2, 0.25) is 0 Å². The first-order chi connectivity index (χ1) is 12.7. The zero-order valence-electron chi connectivity index (χ0n) is 13.4. The fraction of sp³-hybridized carbons (Fsp3) is 0. The van der Waals surface area contributed by atoms with E-state index in [0.717, 1.165) is 18.2 Å². The van der Waals surface area contributed by atoms with Crippen LogP contribution in [-0.2, 0) is 24.6 Å². The zero-order valence-corrected chi connectivity index (χ0v) is 15.1. The summed E-state index contributed by atoms with van der Waals surface area (Å²) in [5.41, 5.74) is 0.340. The van der Waals surface area contributed by atoms with Crippen LogP contribution in [0.3, 0.4) is 0 Å². The summed E-state index contributed by atoms with van der Waals surface area (Å²) in [6.07, 6.45) is 0. The van der Waals surface area contributed by atoms with Crippen molar-refractivity contribution in [2.75, 3.05) is 0 Å². The van der Waals surface area contributed by atoms with Gasteiger partial charge in [-0.25, -0.2) is 5.26 Å². The topological polar surface area (TPSA) is 143 Å². The smallest absolute Gasteiger partial charge is 0.282 e. The van der Waals surface area contributed by atoms with E-state index in [-0.39, 0.29) is 11.1 Å². The van der Waals surface area contributed by atoms with Gasteiger partial charge in [-0.1, -0.05) is 24.3 Å². The SMILES string of the molecule is O=S(=O)(O)c1ccc2cc(N=Nc3ccccc3)c(S(=O)(=O)OO)cc2c1. The van der Waals surface area contributed by atoms with E-state index in [4.69, 9.17) is 9.81 Å². The maximum atomic E-state index is 12.0. The third kappa shape index (κ3) is 4.18. The van der Waals surface area contributed by atoms with Crippen LogP contribution in [0.1, 0.15) is 0 Å². The predicted molar refractivity (Wildman–Crippen MR) is 95.3 cm³/mol. The van der Waals surface area contributed by atoms with Gasteiger partial charge in [0.25, 0.3) is 10.1 Å². The third-order valence-electron chi connectivity index (χ3n) is 3.58. The highest BCUT2D eigenvalue weighted by Gasteiger charge is 2.22. The first-order valence-electron chi connectivity index (χ1n) is 7.31. The second-order valence-corrected chi connectivity index (χ2v) is 8.29. The van der Waals surface area contributed by atoms with Crippen LogP contribution in [0, 0.1) is 0 Å². The normalized spacial score (nSPS) is 12.7. The van der Waals surface area contributed by atoms with Crippen molar-refractivity contribution in [1.29, 1.82) is 0 Å². The maximum Gasteiger partial charge on any atom is 0.325 e. The summed E-state index contributed by atoms with van der Waals surface area (Å²) in [7, 11) is -9.06. The van der Waals surface area contributed by atoms with E-state index in [1.807, 2.05) is 0 Å². The number of nitrogens with zero attached hydrogens (tertiary/aromatic N) is 2. The molecule has 0 atom stereocenters. The monoisotopic (exact) mass is 408 g/mol. The second-order valence-electron chi connectivity index (χ2n) is 5.37. The minimum Gasteiger partial charge on any atom is -0.282 e. The summed E-state index contributed by atoms with van der Waals surface area (Å²) in [5.74, 6) is 0. The first-order valence-corrected chi connectivity index (χ1v) is 10.2. The molecule has 0 saturated heterocycles. The Kier molecular flexibility index (Phi) is 5.04. The van der Waals surface area contributed by atoms with Crippen LogP contribution in [0.5, 0.6) is 0 Å². The first kappa shape index (κ1) is 19.1. The Labute approximate surface area is 154 Å². The number of fused-ring (bicyclic) bond motifs is 1. The van der Waals surface area contributed by atoms with Gasteiger partial charge in [0, 0.05) is 0 Å². The van der Waals surface area contributed by atoms with Gasteiger partial charge in [-0.3, -0.25) is 4.55 Å². The molecule has 0 aliphatic heterocycles. The Balaban J connectivity index is 2.22. The second kappa shape index (κ2) is 7.13. The molecule has 0 aromatic heterocycles. The molecule has 0 aliphatic carbocycles. The molecule has 0 aliphatic rings. The van der Waals surface area contributed by atoms with Gasteiger partial charge in [-0.15, -0.1) is 9.45 Å². The highest BCUT2D eigenvalue weighted by molar-refractivity contribution is 7.86. The Morgan fingerprint density at radius 3 is 2.15 bits per heavy atom. The quantitative estimate of drug-likeness (QED) is 0.284.